The molecule has 0 aliphatic heterocycles. The van der Waals surface area contributed by atoms with Crippen LogP contribution >= 0.6 is 0 Å². The fraction of sp³-hybridized carbons (Fsp3) is 0.357. The number of hydrogen-bond acceptors (Lipinski definition) is 3. The van der Waals surface area contributed by atoms with E-state index in [-0.39, 0.29) is 0 Å². The number of nitrogens with two attached hydrogens (primary N) is 1. The Morgan fingerprint density at radius 3 is 2.50 bits per heavy atom. The second kappa shape index (κ2) is 5.23. The van der Waals surface area contributed by atoms with E-state index in [1.165, 1.54) is 0 Å². The molecule has 4 nitrogen and oxygen atoms in total. The van der Waals surface area contributed by atoms with Gasteiger partial charge in [0, 0.05) is 19.2 Å². The lowest BCUT2D eigenvalue weighted by Crippen LogP contribution is -2.05. The van der Waals surface area contributed by atoms with Gasteiger partial charge in [-0.25, -0.2) is 0 Å². The molecule has 4 heteroatoms. The molecule has 1 heterocycles. The van der Waals surface area contributed by atoms with Crippen molar-refractivity contribution in [3.63, 3.8) is 0 Å². The Morgan fingerprint density at radius 2 is 1.94 bits per heavy atom. The zero-order valence-electron chi connectivity index (χ0n) is 11.1. The largest absolute Gasteiger partial charge is 0.494 e. The lowest BCUT2D eigenvalue weighted by Gasteiger charge is -2.07. The predicted molar refractivity (Wildman–Crippen MR) is 72.4 cm³/mol. The normalized spacial score (nSPS) is 10.7. The number of ether oxygens (including phenoxy) is 1. The van der Waals surface area contributed by atoms with Crippen LogP contribution in [0.5, 0.6) is 5.75 Å². The van der Waals surface area contributed by atoms with E-state index < -0.39 is 0 Å². The summed E-state index contributed by atoms with van der Waals surface area (Å²) in [5.41, 5.74) is 10.1. The van der Waals surface area contributed by atoms with Crippen molar-refractivity contribution in [1.29, 1.82) is 0 Å². The molecule has 0 bridgehead atoms. The monoisotopic (exact) mass is 245 g/mol. The second-order valence-electron chi connectivity index (χ2n) is 4.19. The van der Waals surface area contributed by atoms with Crippen LogP contribution in [0.4, 0.5) is 0 Å². The molecule has 0 aliphatic rings. The van der Waals surface area contributed by atoms with E-state index in [1.807, 2.05) is 49.8 Å². The first-order chi connectivity index (χ1) is 8.67. The summed E-state index contributed by atoms with van der Waals surface area (Å²) in [5, 5.41) is 4.42. The van der Waals surface area contributed by atoms with Gasteiger partial charge < -0.3 is 10.5 Å². The van der Waals surface area contributed by atoms with Crippen LogP contribution in [0, 0.1) is 6.92 Å². The molecule has 0 fully saturated rings. The fourth-order valence-electron chi connectivity index (χ4n) is 2.20. The number of benzene rings is 1. The molecule has 0 amide bonds. The first kappa shape index (κ1) is 12.6. The molecule has 1 aromatic carbocycles. The molecule has 0 spiro atoms. The van der Waals surface area contributed by atoms with Crippen molar-refractivity contribution in [2.45, 2.75) is 20.4 Å². The number of hydrogen-bond donors (Lipinski definition) is 1. The van der Waals surface area contributed by atoms with Crippen molar-refractivity contribution in [2.75, 3.05) is 6.61 Å². The van der Waals surface area contributed by atoms with Crippen LogP contribution in [0.2, 0.25) is 0 Å². The van der Waals surface area contributed by atoms with Crippen LogP contribution in [0.1, 0.15) is 18.3 Å². The summed E-state index contributed by atoms with van der Waals surface area (Å²) < 4.78 is 7.29. The van der Waals surface area contributed by atoms with Gasteiger partial charge in [-0.15, -0.1) is 0 Å². The van der Waals surface area contributed by atoms with Crippen LogP contribution in [-0.2, 0) is 13.6 Å². The van der Waals surface area contributed by atoms with Gasteiger partial charge in [0.2, 0.25) is 0 Å². The minimum absolute atomic E-state index is 0.486. The molecule has 2 aromatic rings. The van der Waals surface area contributed by atoms with E-state index in [4.69, 9.17) is 10.5 Å². The minimum Gasteiger partial charge on any atom is -0.494 e. The van der Waals surface area contributed by atoms with Crippen LogP contribution in [0.15, 0.2) is 24.3 Å². The van der Waals surface area contributed by atoms with Crippen molar-refractivity contribution in [1.82, 2.24) is 9.78 Å². The van der Waals surface area contributed by atoms with E-state index in [9.17, 15) is 0 Å². The fourth-order valence-corrected chi connectivity index (χ4v) is 2.20. The molecule has 2 rings (SSSR count). The predicted octanol–water partition coefficient (Wildman–Crippen LogP) is 2.25. The van der Waals surface area contributed by atoms with E-state index in [1.54, 1.807) is 0 Å². The Balaban J connectivity index is 2.42. The van der Waals surface area contributed by atoms with Gasteiger partial charge in [-0.1, -0.05) is 12.1 Å². The Labute approximate surface area is 107 Å². The van der Waals surface area contributed by atoms with Gasteiger partial charge in [-0.05, 0) is 31.5 Å². The molecule has 0 atom stereocenters. The number of nitrogens with zero attached hydrogens (tertiary/aromatic N) is 2. The maximum absolute atomic E-state index is 5.79. The maximum atomic E-state index is 5.79. The highest BCUT2D eigenvalue weighted by atomic mass is 16.5. The van der Waals surface area contributed by atoms with E-state index >= 15 is 0 Å². The van der Waals surface area contributed by atoms with Gasteiger partial charge in [-0.3, -0.25) is 4.68 Å². The SMILES string of the molecule is CCOc1ccc(-c2c(C)nn(C)c2CN)cc1. The first-order valence-electron chi connectivity index (χ1n) is 6.13. The van der Waals surface area contributed by atoms with Gasteiger partial charge in [0.25, 0.3) is 0 Å². The van der Waals surface area contributed by atoms with Gasteiger partial charge in [-0.2, -0.15) is 5.10 Å². The van der Waals surface area contributed by atoms with E-state index in [0.717, 1.165) is 28.3 Å². The highest BCUT2D eigenvalue weighted by Gasteiger charge is 2.13. The quantitative estimate of drug-likeness (QED) is 0.898. The summed E-state index contributed by atoms with van der Waals surface area (Å²) in [6, 6.07) is 8.06. The topological polar surface area (TPSA) is 53.1 Å². The summed E-state index contributed by atoms with van der Waals surface area (Å²) in [6.45, 7) is 5.15. The maximum Gasteiger partial charge on any atom is 0.119 e. The second-order valence-corrected chi connectivity index (χ2v) is 4.19. The van der Waals surface area contributed by atoms with Gasteiger partial charge in [0.1, 0.15) is 5.75 Å². The molecule has 0 radical (unpaired) electrons. The summed E-state index contributed by atoms with van der Waals surface area (Å²) in [4.78, 5) is 0. The zero-order chi connectivity index (χ0) is 13.1. The summed E-state index contributed by atoms with van der Waals surface area (Å²) >= 11 is 0. The average molecular weight is 245 g/mol. The molecule has 0 saturated heterocycles. The molecule has 0 aliphatic carbocycles. The van der Waals surface area contributed by atoms with Crippen molar-refractivity contribution in [3.05, 3.63) is 35.7 Å². The third-order valence-corrected chi connectivity index (χ3v) is 2.99. The number of aromatic nitrogens is 2. The van der Waals surface area contributed by atoms with Crippen molar-refractivity contribution >= 4 is 0 Å². The molecular weight excluding hydrogens is 226 g/mol. The van der Waals surface area contributed by atoms with E-state index in [2.05, 4.69) is 5.10 Å². The molecule has 0 unspecified atom stereocenters. The van der Waals surface area contributed by atoms with Gasteiger partial charge >= 0.3 is 0 Å². The summed E-state index contributed by atoms with van der Waals surface area (Å²) in [7, 11) is 1.92. The van der Waals surface area contributed by atoms with Gasteiger partial charge in [0.05, 0.1) is 18.0 Å². The first-order valence-corrected chi connectivity index (χ1v) is 6.13. The minimum atomic E-state index is 0.486. The smallest absolute Gasteiger partial charge is 0.119 e. The zero-order valence-corrected chi connectivity index (χ0v) is 11.1. The Bertz CT molecular complexity index is 529. The van der Waals surface area contributed by atoms with Gasteiger partial charge in [0.15, 0.2) is 0 Å². The van der Waals surface area contributed by atoms with E-state index in [0.29, 0.717) is 13.2 Å². The molecule has 0 saturated carbocycles. The van der Waals surface area contributed by atoms with Crippen LogP contribution in [0.3, 0.4) is 0 Å². The lowest BCUT2D eigenvalue weighted by molar-refractivity contribution is 0.340. The average Bonchev–Trinajstić information content (AvgIpc) is 2.65. The van der Waals surface area contributed by atoms with Crippen LogP contribution in [-0.4, -0.2) is 16.4 Å². The Hall–Kier alpha value is -1.81. The molecular formula is C14H19N3O. The van der Waals surface area contributed by atoms with Crippen molar-refractivity contribution in [3.8, 4) is 16.9 Å². The molecule has 96 valence electrons. The molecule has 18 heavy (non-hydrogen) atoms. The lowest BCUT2D eigenvalue weighted by atomic mass is 10.0. The number of rotatable bonds is 4. The van der Waals surface area contributed by atoms with Crippen molar-refractivity contribution < 1.29 is 4.74 Å². The third-order valence-electron chi connectivity index (χ3n) is 2.99. The van der Waals surface area contributed by atoms with Crippen LogP contribution in [0.25, 0.3) is 11.1 Å². The third kappa shape index (κ3) is 2.24. The number of aryl methyl sites for hydroxylation is 2. The van der Waals surface area contributed by atoms with Crippen molar-refractivity contribution in [2.24, 2.45) is 12.8 Å². The molecule has 2 N–H and O–H groups in total. The summed E-state index contributed by atoms with van der Waals surface area (Å²) in [5.74, 6) is 0.886. The summed E-state index contributed by atoms with van der Waals surface area (Å²) in [6.07, 6.45) is 0. The Kier molecular flexibility index (Phi) is 3.67. The standard InChI is InChI=1S/C14H19N3O/c1-4-18-12-7-5-11(6-8-12)14-10(2)16-17(3)13(14)9-15/h5-8H,4,9,15H2,1-3H3. The highest BCUT2D eigenvalue weighted by Crippen LogP contribution is 2.28. The highest BCUT2D eigenvalue weighted by molar-refractivity contribution is 5.69. The molecule has 1 aromatic heterocycles. The Morgan fingerprint density at radius 1 is 1.28 bits per heavy atom. The van der Waals surface area contributed by atoms with Crippen LogP contribution < -0.4 is 10.5 Å².